The van der Waals surface area contributed by atoms with Gasteiger partial charge < -0.3 is 14.6 Å². The van der Waals surface area contributed by atoms with Gasteiger partial charge in [0.05, 0.1) is 13.7 Å². The molecule has 14 heavy (non-hydrogen) atoms. The molecule has 4 heteroatoms. The molecule has 0 amide bonds. The molecule has 0 saturated carbocycles. The molecule has 0 aliphatic carbocycles. The van der Waals surface area contributed by atoms with Crippen LogP contribution in [0.25, 0.3) is 0 Å². The van der Waals surface area contributed by atoms with E-state index in [4.69, 9.17) is 19.8 Å². The average Bonchev–Trinajstić information content (AvgIpc) is 2.25. The third-order valence-electron chi connectivity index (χ3n) is 1.70. The van der Waals surface area contributed by atoms with Gasteiger partial charge in [0.25, 0.3) is 0 Å². The Hall–Kier alpha value is -1.73. The van der Waals surface area contributed by atoms with Crippen LogP contribution in [-0.2, 0) is 6.61 Å². The van der Waals surface area contributed by atoms with Gasteiger partial charge in [-0.2, -0.15) is 5.26 Å². The second-order valence-electron chi connectivity index (χ2n) is 2.59. The summed E-state index contributed by atoms with van der Waals surface area (Å²) in [5, 5.41) is 17.2. The van der Waals surface area contributed by atoms with Gasteiger partial charge in [-0.3, -0.25) is 0 Å². The van der Waals surface area contributed by atoms with E-state index in [9.17, 15) is 0 Å². The van der Waals surface area contributed by atoms with Gasteiger partial charge in [-0.05, 0) is 17.7 Å². The average molecular weight is 193 g/mol. The van der Waals surface area contributed by atoms with Crippen LogP contribution < -0.4 is 9.47 Å². The van der Waals surface area contributed by atoms with Crippen LogP contribution in [-0.4, -0.2) is 18.8 Å². The maximum atomic E-state index is 8.89. The minimum absolute atomic E-state index is 0.0365. The van der Waals surface area contributed by atoms with Gasteiger partial charge in [-0.25, -0.2) is 0 Å². The van der Waals surface area contributed by atoms with Crippen LogP contribution in [0.3, 0.4) is 0 Å². The molecule has 1 aromatic carbocycles. The second kappa shape index (κ2) is 5.10. The molecule has 0 heterocycles. The Kier molecular flexibility index (Phi) is 3.77. The molecule has 1 N–H and O–H groups in total. The van der Waals surface area contributed by atoms with Crippen LogP contribution in [0.15, 0.2) is 18.2 Å². The van der Waals surface area contributed by atoms with Crippen molar-refractivity contribution in [3.05, 3.63) is 23.8 Å². The first-order chi connectivity index (χ1) is 6.81. The van der Waals surface area contributed by atoms with Gasteiger partial charge >= 0.3 is 0 Å². The highest BCUT2D eigenvalue weighted by Crippen LogP contribution is 2.27. The molecule has 0 radical (unpaired) electrons. The molecule has 0 aliphatic rings. The maximum Gasteiger partial charge on any atom is 0.174 e. The van der Waals surface area contributed by atoms with Crippen LogP contribution in [0.1, 0.15) is 5.56 Å². The van der Waals surface area contributed by atoms with E-state index in [-0.39, 0.29) is 13.2 Å². The number of ether oxygens (including phenoxy) is 2. The number of benzene rings is 1. The van der Waals surface area contributed by atoms with E-state index in [1.807, 2.05) is 6.07 Å². The van der Waals surface area contributed by atoms with Crippen LogP contribution >= 0.6 is 0 Å². The first-order valence-electron chi connectivity index (χ1n) is 4.09. The van der Waals surface area contributed by atoms with Crippen LogP contribution in [0.2, 0.25) is 0 Å². The van der Waals surface area contributed by atoms with E-state index in [0.717, 1.165) is 5.56 Å². The van der Waals surface area contributed by atoms with Crippen molar-refractivity contribution in [2.24, 2.45) is 0 Å². The lowest BCUT2D eigenvalue weighted by molar-refractivity contribution is 0.279. The molecule has 0 spiro atoms. The van der Waals surface area contributed by atoms with E-state index in [1.165, 1.54) is 7.11 Å². The minimum atomic E-state index is -0.0626. The number of aliphatic hydroxyl groups excluding tert-OH is 1. The number of hydrogen-bond donors (Lipinski definition) is 1. The summed E-state index contributed by atoms with van der Waals surface area (Å²) < 4.78 is 10.1. The van der Waals surface area contributed by atoms with Crippen molar-refractivity contribution < 1.29 is 14.6 Å². The second-order valence-corrected chi connectivity index (χ2v) is 2.59. The van der Waals surface area contributed by atoms with Crippen molar-refractivity contribution >= 4 is 0 Å². The number of nitriles is 1. The quantitative estimate of drug-likeness (QED) is 0.777. The van der Waals surface area contributed by atoms with Gasteiger partial charge in [0, 0.05) is 0 Å². The normalized spacial score (nSPS) is 9.21. The number of hydrogen-bond acceptors (Lipinski definition) is 4. The van der Waals surface area contributed by atoms with Crippen LogP contribution in [0.5, 0.6) is 11.5 Å². The predicted octanol–water partition coefficient (Wildman–Crippen LogP) is 1.09. The van der Waals surface area contributed by atoms with Crippen molar-refractivity contribution in [1.82, 2.24) is 0 Å². The molecule has 0 aliphatic heterocycles. The highest BCUT2D eigenvalue weighted by molar-refractivity contribution is 5.42. The number of methoxy groups -OCH3 is 1. The molecule has 0 bridgehead atoms. The van der Waals surface area contributed by atoms with Gasteiger partial charge in [0.2, 0.25) is 0 Å². The van der Waals surface area contributed by atoms with Crippen molar-refractivity contribution in [2.75, 3.05) is 13.7 Å². The summed E-state index contributed by atoms with van der Waals surface area (Å²) in [6.45, 7) is -0.0991. The zero-order valence-electron chi connectivity index (χ0n) is 7.86. The van der Waals surface area contributed by atoms with Gasteiger partial charge in [-0.15, -0.1) is 0 Å². The summed E-state index contributed by atoms with van der Waals surface area (Å²) in [5.74, 6) is 1.03. The first kappa shape index (κ1) is 10.4. The zero-order chi connectivity index (χ0) is 10.4. The Morgan fingerprint density at radius 2 is 2.21 bits per heavy atom. The topological polar surface area (TPSA) is 62.5 Å². The number of aliphatic hydroxyl groups is 1. The van der Waals surface area contributed by atoms with Gasteiger partial charge in [0.1, 0.15) is 6.07 Å². The SMILES string of the molecule is COc1ccc(CO)cc1OCC#N. The van der Waals surface area contributed by atoms with Gasteiger partial charge in [0.15, 0.2) is 18.1 Å². The van der Waals surface area contributed by atoms with Gasteiger partial charge in [-0.1, -0.05) is 6.07 Å². The lowest BCUT2D eigenvalue weighted by Gasteiger charge is -2.09. The highest BCUT2D eigenvalue weighted by atomic mass is 16.5. The van der Waals surface area contributed by atoms with E-state index in [1.54, 1.807) is 18.2 Å². The third-order valence-corrected chi connectivity index (χ3v) is 1.70. The Morgan fingerprint density at radius 1 is 1.43 bits per heavy atom. The molecule has 0 atom stereocenters. The van der Waals surface area contributed by atoms with Crippen molar-refractivity contribution in [1.29, 1.82) is 5.26 Å². The minimum Gasteiger partial charge on any atom is -0.493 e. The summed E-state index contributed by atoms with van der Waals surface area (Å²) >= 11 is 0. The van der Waals surface area contributed by atoms with Crippen LogP contribution in [0.4, 0.5) is 0 Å². The molecular formula is C10H11NO3. The van der Waals surface area contributed by atoms with Crippen molar-refractivity contribution in [3.63, 3.8) is 0 Å². The molecular weight excluding hydrogens is 182 g/mol. The number of nitrogens with zero attached hydrogens (tertiary/aromatic N) is 1. The predicted molar refractivity (Wildman–Crippen MR) is 50.0 cm³/mol. The summed E-state index contributed by atoms with van der Waals surface area (Å²) in [5.41, 5.74) is 0.721. The lowest BCUT2D eigenvalue weighted by atomic mass is 10.2. The van der Waals surface area contributed by atoms with Crippen molar-refractivity contribution in [3.8, 4) is 17.6 Å². The number of rotatable bonds is 4. The Bertz CT molecular complexity index is 344. The van der Waals surface area contributed by atoms with Crippen molar-refractivity contribution in [2.45, 2.75) is 6.61 Å². The summed E-state index contributed by atoms with van der Waals surface area (Å²) in [7, 11) is 1.52. The molecule has 0 saturated heterocycles. The summed E-state index contributed by atoms with van der Waals surface area (Å²) in [4.78, 5) is 0. The first-order valence-corrected chi connectivity index (χ1v) is 4.09. The highest BCUT2D eigenvalue weighted by Gasteiger charge is 2.04. The van der Waals surface area contributed by atoms with E-state index in [0.29, 0.717) is 11.5 Å². The molecule has 0 aromatic heterocycles. The summed E-state index contributed by atoms with van der Waals surface area (Å²) in [6, 6.07) is 6.94. The molecule has 1 rings (SSSR count). The smallest absolute Gasteiger partial charge is 0.174 e. The third kappa shape index (κ3) is 2.38. The standard InChI is InChI=1S/C10H11NO3/c1-13-9-3-2-8(7-12)6-10(9)14-5-4-11/h2-3,6,12H,5,7H2,1H3. The Balaban J connectivity index is 2.91. The van der Waals surface area contributed by atoms with E-state index < -0.39 is 0 Å². The largest absolute Gasteiger partial charge is 0.493 e. The fourth-order valence-electron chi connectivity index (χ4n) is 1.04. The Labute approximate surface area is 82.3 Å². The summed E-state index contributed by atoms with van der Waals surface area (Å²) in [6.07, 6.45) is 0. The molecule has 0 unspecified atom stereocenters. The van der Waals surface area contributed by atoms with E-state index >= 15 is 0 Å². The Morgan fingerprint density at radius 3 is 2.79 bits per heavy atom. The molecule has 74 valence electrons. The molecule has 1 aromatic rings. The molecule has 4 nitrogen and oxygen atoms in total. The lowest BCUT2D eigenvalue weighted by Crippen LogP contribution is -1.97. The monoisotopic (exact) mass is 193 g/mol. The molecule has 0 fully saturated rings. The fourth-order valence-corrected chi connectivity index (χ4v) is 1.04. The zero-order valence-corrected chi connectivity index (χ0v) is 7.86. The van der Waals surface area contributed by atoms with E-state index in [2.05, 4.69) is 0 Å². The fraction of sp³-hybridized carbons (Fsp3) is 0.300. The maximum absolute atomic E-state index is 8.89. The van der Waals surface area contributed by atoms with Crippen LogP contribution in [0, 0.1) is 11.3 Å².